The maximum absolute atomic E-state index is 12.5. The number of hydrogen-bond donors (Lipinski definition) is 2. The van der Waals surface area contributed by atoms with Crippen molar-refractivity contribution >= 4 is 29.6 Å². The molecule has 0 unspecified atom stereocenters. The summed E-state index contributed by atoms with van der Waals surface area (Å²) in [4.78, 5) is 37.4. The van der Waals surface area contributed by atoms with E-state index in [0.717, 1.165) is 4.90 Å². The second kappa shape index (κ2) is 5.76. The largest absolute Gasteiger partial charge is 0.508 e. The van der Waals surface area contributed by atoms with Gasteiger partial charge in [-0.05, 0) is 35.9 Å². The summed E-state index contributed by atoms with van der Waals surface area (Å²) in [7, 11) is 0. The van der Waals surface area contributed by atoms with E-state index in [9.17, 15) is 19.5 Å². The van der Waals surface area contributed by atoms with Gasteiger partial charge in [0.25, 0.3) is 11.8 Å². The van der Waals surface area contributed by atoms with Crippen LogP contribution in [0.3, 0.4) is 0 Å². The Hall–Kier alpha value is -3.41. The molecular weight excluding hydrogens is 296 g/mol. The Labute approximate surface area is 131 Å². The van der Waals surface area contributed by atoms with Gasteiger partial charge in [0.05, 0.1) is 5.69 Å². The first kappa shape index (κ1) is 14.5. The molecule has 0 spiro atoms. The molecule has 4 amide bonds. The van der Waals surface area contributed by atoms with Crippen LogP contribution >= 0.6 is 0 Å². The predicted octanol–water partition coefficient (Wildman–Crippen LogP) is 2.06. The molecule has 0 aliphatic carbocycles. The minimum absolute atomic E-state index is 0.0130. The molecule has 1 aliphatic heterocycles. The number of aromatic hydroxyl groups is 1. The van der Waals surface area contributed by atoms with Crippen molar-refractivity contribution in [3.05, 3.63) is 65.7 Å². The van der Waals surface area contributed by atoms with Crippen LogP contribution in [0, 0.1) is 0 Å². The Balaban J connectivity index is 2.02. The monoisotopic (exact) mass is 308 g/mol. The van der Waals surface area contributed by atoms with Gasteiger partial charge in [0, 0.05) is 0 Å². The van der Waals surface area contributed by atoms with Crippen LogP contribution in [0.5, 0.6) is 5.75 Å². The molecule has 114 valence electrons. The standard InChI is InChI=1S/C17H12N2O4/c20-13-8-4-5-11(9-13)10-14-15(21)18-17(23)19(16(14)22)12-6-2-1-3-7-12/h1-10,20H,(H,18,21,23). The first-order valence-corrected chi connectivity index (χ1v) is 6.82. The van der Waals surface area contributed by atoms with Crippen LogP contribution < -0.4 is 10.2 Å². The summed E-state index contributed by atoms with van der Waals surface area (Å²) in [6.07, 6.45) is 1.33. The SMILES string of the molecule is O=C1NC(=O)N(c2ccccc2)C(=O)C1=Cc1cccc(O)c1. The number of anilines is 1. The number of phenolic OH excluding ortho intramolecular Hbond substituents is 1. The van der Waals surface area contributed by atoms with Gasteiger partial charge >= 0.3 is 6.03 Å². The number of carbonyl (C=O) groups excluding carboxylic acids is 3. The van der Waals surface area contributed by atoms with Crippen molar-refractivity contribution in [3.8, 4) is 5.75 Å². The summed E-state index contributed by atoms with van der Waals surface area (Å²) < 4.78 is 0. The smallest absolute Gasteiger partial charge is 0.335 e. The van der Waals surface area contributed by atoms with E-state index < -0.39 is 17.8 Å². The summed E-state index contributed by atoms with van der Waals surface area (Å²) >= 11 is 0. The van der Waals surface area contributed by atoms with Crippen molar-refractivity contribution in [3.63, 3.8) is 0 Å². The van der Waals surface area contributed by atoms with Crippen LogP contribution in [-0.4, -0.2) is 23.0 Å². The number of urea groups is 1. The highest BCUT2D eigenvalue weighted by molar-refractivity contribution is 6.39. The molecular formula is C17H12N2O4. The number of nitrogens with one attached hydrogen (secondary N) is 1. The summed E-state index contributed by atoms with van der Waals surface area (Å²) in [6, 6.07) is 13.6. The van der Waals surface area contributed by atoms with Crippen LogP contribution in [0.25, 0.3) is 6.08 Å². The Morgan fingerprint density at radius 1 is 0.957 bits per heavy atom. The molecule has 6 heteroatoms. The van der Waals surface area contributed by atoms with Crippen molar-refractivity contribution in [2.75, 3.05) is 4.90 Å². The van der Waals surface area contributed by atoms with Gasteiger partial charge in [-0.25, -0.2) is 9.69 Å². The first-order valence-electron chi connectivity index (χ1n) is 6.82. The van der Waals surface area contributed by atoms with E-state index >= 15 is 0 Å². The number of hydrogen-bond acceptors (Lipinski definition) is 4. The zero-order chi connectivity index (χ0) is 16.4. The Kier molecular flexibility index (Phi) is 3.64. The fourth-order valence-electron chi connectivity index (χ4n) is 2.25. The Morgan fingerprint density at radius 3 is 2.39 bits per heavy atom. The molecule has 0 saturated carbocycles. The molecule has 1 fully saturated rings. The van der Waals surface area contributed by atoms with E-state index in [0.29, 0.717) is 11.3 Å². The van der Waals surface area contributed by atoms with Crippen molar-refractivity contribution in [1.29, 1.82) is 0 Å². The number of phenols is 1. The van der Waals surface area contributed by atoms with Crippen molar-refractivity contribution < 1.29 is 19.5 Å². The van der Waals surface area contributed by atoms with Crippen molar-refractivity contribution in [2.24, 2.45) is 0 Å². The summed E-state index contributed by atoms with van der Waals surface area (Å²) in [5.41, 5.74) is 0.661. The van der Waals surface area contributed by atoms with Gasteiger partial charge in [-0.15, -0.1) is 0 Å². The molecule has 0 aromatic heterocycles. The maximum Gasteiger partial charge on any atom is 0.335 e. The zero-order valence-corrected chi connectivity index (χ0v) is 11.9. The van der Waals surface area contributed by atoms with Crippen LogP contribution in [0.1, 0.15) is 5.56 Å². The molecule has 0 radical (unpaired) electrons. The van der Waals surface area contributed by atoms with Crippen LogP contribution in [0.4, 0.5) is 10.5 Å². The average molecular weight is 308 g/mol. The van der Waals surface area contributed by atoms with Gasteiger partial charge in [-0.3, -0.25) is 14.9 Å². The molecule has 2 N–H and O–H groups in total. The molecule has 3 rings (SSSR count). The van der Waals surface area contributed by atoms with E-state index in [1.165, 1.54) is 18.2 Å². The third kappa shape index (κ3) is 2.82. The molecule has 1 heterocycles. The van der Waals surface area contributed by atoms with Crippen LogP contribution in [0.15, 0.2) is 60.2 Å². The number of carbonyl (C=O) groups is 3. The molecule has 0 bridgehead atoms. The topological polar surface area (TPSA) is 86.7 Å². The number of para-hydroxylation sites is 1. The minimum Gasteiger partial charge on any atom is -0.508 e. The molecule has 23 heavy (non-hydrogen) atoms. The highest BCUT2D eigenvalue weighted by Gasteiger charge is 2.36. The normalized spacial score (nSPS) is 16.6. The molecule has 0 atom stereocenters. The van der Waals surface area contributed by atoms with Crippen molar-refractivity contribution in [2.45, 2.75) is 0 Å². The van der Waals surface area contributed by atoms with Gasteiger partial charge in [0.15, 0.2) is 0 Å². The summed E-state index contributed by atoms with van der Waals surface area (Å²) in [6.45, 7) is 0. The lowest BCUT2D eigenvalue weighted by Gasteiger charge is -2.26. The Morgan fingerprint density at radius 2 is 1.70 bits per heavy atom. The lowest BCUT2D eigenvalue weighted by atomic mass is 10.1. The third-order valence-corrected chi connectivity index (χ3v) is 3.30. The lowest BCUT2D eigenvalue weighted by Crippen LogP contribution is -2.54. The number of amides is 4. The third-order valence-electron chi connectivity index (χ3n) is 3.30. The van der Waals surface area contributed by atoms with Gasteiger partial charge in [-0.1, -0.05) is 30.3 Å². The Bertz CT molecular complexity index is 827. The quantitative estimate of drug-likeness (QED) is 0.657. The second-order valence-corrected chi connectivity index (χ2v) is 4.89. The van der Waals surface area contributed by atoms with Gasteiger partial charge < -0.3 is 5.11 Å². The zero-order valence-electron chi connectivity index (χ0n) is 11.9. The number of nitrogens with zero attached hydrogens (tertiary/aromatic N) is 1. The van der Waals surface area contributed by atoms with E-state index in [1.807, 2.05) is 0 Å². The predicted molar refractivity (Wildman–Crippen MR) is 83.6 cm³/mol. The van der Waals surface area contributed by atoms with Gasteiger partial charge in [0.2, 0.25) is 0 Å². The van der Waals surface area contributed by atoms with Crippen LogP contribution in [0.2, 0.25) is 0 Å². The number of imide groups is 2. The maximum atomic E-state index is 12.5. The van der Waals surface area contributed by atoms with E-state index in [2.05, 4.69) is 5.32 Å². The van der Waals surface area contributed by atoms with E-state index in [1.54, 1.807) is 42.5 Å². The van der Waals surface area contributed by atoms with E-state index in [4.69, 9.17) is 0 Å². The number of benzene rings is 2. The number of rotatable bonds is 2. The van der Waals surface area contributed by atoms with Gasteiger partial charge in [0.1, 0.15) is 11.3 Å². The average Bonchev–Trinajstić information content (AvgIpc) is 2.52. The molecule has 2 aromatic rings. The summed E-state index contributed by atoms with van der Waals surface area (Å²) in [5, 5.41) is 11.6. The van der Waals surface area contributed by atoms with Gasteiger partial charge in [-0.2, -0.15) is 0 Å². The molecule has 6 nitrogen and oxygen atoms in total. The fourth-order valence-corrected chi connectivity index (χ4v) is 2.25. The van der Waals surface area contributed by atoms with E-state index in [-0.39, 0.29) is 11.3 Å². The lowest BCUT2D eigenvalue weighted by molar-refractivity contribution is -0.122. The summed E-state index contributed by atoms with van der Waals surface area (Å²) in [5.74, 6) is -1.47. The fraction of sp³-hybridized carbons (Fsp3) is 0. The molecule has 1 saturated heterocycles. The minimum atomic E-state index is -0.792. The van der Waals surface area contributed by atoms with Crippen LogP contribution in [-0.2, 0) is 9.59 Å². The molecule has 2 aromatic carbocycles. The molecule has 1 aliphatic rings. The van der Waals surface area contributed by atoms with Crippen molar-refractivity contribution in [1.82, 2.24) is 5.32 Å². The number of barbiturate groups is 1. The highest BCUT2D eigenvalue weighted by atomic mass is 16.3. The highest BCUT2D eigenvalue weighted by Crippen LogP contribution is 2.22. The second-order valence-electron chi connectivity index (χ2n) is 4.89. The first-order chi connectivity index (χ1) is 11.1.